The van der Waals surface area contributed by atoms with Crippen molar-refractivity contribution in [1.29, 1.82) is 0 Å². The van der Waals surface area contributed by atoms with Crippen molar-refractivity contribution >= 4 is 16.7 Å². The average molecular weight is 379 g/mol. The van der Waals surface area contributed by atoms with Crippen molar-refractivity contribution < 1.29 is 14.6 Å². The molecule has 0 fully saturated rings. The molecule has 2 atom stereocenters. The van der Waals surface area contributed by atoms with E-state index in [-0.39, 0.29) is 12.6 Å². The van der Waals surface area contributed by atoms with Crippen molar-refractivity contribution in [2.24, 2.45) is 5.92 Å². The van der Waals surface area contributed by atoms with Crippen LogP contribution in [0.25, 0.3) is 10.9 Å². The SMILES string of the molecule is COc1cc2ncnc(NC(CO)C3CCc4ccccc4C3)c2cc1OC. The molecule has 3 aromatic rings. The highest BCUT2D eigenvalue weighted by atomic mass is 16.5. The maximum absolute atomic E-state index is 10.1. The summed E-state index contributed by atoms with van der Waals surface area (Å²) in [6.07, 6.45) is 4.56. The quantitative estimate of drug-likeness (QED) is 0.685. The molecule has 0 bridgehead atoms. The molecule has 0 saturated heterocycles. The van der Waals surface area contributed by atoms with Gasteiger partial charge in [-0.2, -0.15) is 0 Å². The first-order valence-electron chi connectivity index (χ1n) is 9.54. The molecule has 28 heavy (non-hydrogen) atoms. The van der Waals surface area contributed by atoms with Gasteiger partial charge in [0.2, 0.25) is 0 Å². The van der Waals surface area contributed by atoms with Crippen LogP contribution in [0.2, 0.25) is 0 Å². The summed E-state index contributed by atoms with van der Waals surface area (Å²) in [5, 5.41) is 14.4. The maximum atomic E-state index is 10.1. The normalized spacial score (nSPS) is 17.0. The number of hydrogen-bond acceptors (Lipinski definition) is 6. The van der Waals surface area contributed by atoms with Gasteiger partial charge >= 0.3 is 0 Å². The van der Waals surface area contributed by atoms with E-state index in [0.29, 0.717) is 23.2 Å². The summed E-state index contributed by atoms with van der Waals surface area (Å²) in [6, 6.07) is 12.2. The van der Waals surface area contributed by atoms with Crippen LogP contribution < -0.4 is 14.8 Å². The molecule has 2 aromatic carbocycles. The third-order valence-corrected chi connectivity index (χ3v) is 5.61. The van der Waals surface area contributed by atoms with Crippen LogP contribution in [0.4, 0.5) is 5.82 Å². The number of anilines is 1. The number of hydrogen-bond donors (Lipinski definition) is 2. The van der Waals surface area contributed by atoms with Gasteiger partial charge in [-0.05, 0) is 42.4 Å². The molecule has 0 aliphatic heterocycles. The topological polar surface area (TPSA) is 76.5 Å². The van der Waals surface area contributed by atoms with Gasteiger partial charge in [0.1, 0.15) is 12.1 Å². The zero-order chi connectivity index (χ0) is 19.5. The van der Waals surface area contributed by atoms with E-state index in [9.17, 15) is 5.11 Å². The zero-order valence-electron chi connectivity index (χ0n) is 16.2. The van der Waals surface area contributed by atoms with Gasteiger partial charge in [0.05, 0.1) is 32.4 Å². The number of benzene rings is 2. The van der Waals surface area contributed by atoms with Crippen LogP contribution in [0.3, 0.4) is 0 Å². The highest BCUT2D eigenvalue weighted by Gasteiger charge is 2.26. The van der Waals surface area contributed by atoms with Crippen LogP contribution in [0.15, 0.2) is 42.7 Å². The van der Waals surface area contributed by atoms with Gasteiger partial charge in [-0.1, -0.05) is 24.3 Å². The van der Waals surface area contributed by atoms with Crippen LogP contribution in [-0.4, -0.2) is 41.9 Å². The Morgan fingerprint density at radius 1 is 1.11 bits per heavy atom. The van der Waals surface area contributed by atoms with E-state index in [4.69, 9.17) is 9.47 Å². The van der Waals surface area contributed by atoms with Gasteiger partial charge in [0.25, 0.3) is 0 Å². The predicted octanol–water partition coefficient (Wildman–Crippen LogP) is 3.22. The van der Waals surface area contributed by atoms with Gasteiger partial charge in [-0.15, -0.1) is 0 Å². The molecular weight excluding hydrogens is 354 g/mol. The van der Waals surface area contributed by atoms with Gasteiger partial charge in [-0.3, -0.25) is 0 Å². The molecule has 4 rings (SSSR count). The van der Waals surface area contributed by atoms with Crippen molar-refractivity contribution in [3.05, 3.63) is 53.9 Å². The molecule has 0 saturated carbocycles. The van der Waals surface area contributed by atoms with Gasteiger partial charge in [0.15, 0.2) is 11.5 Å². The molecule has 2 N–H and O–H groups in total. The summed E-state index contributed by atoms with van der Waals surface area (Å²) >= 11 is 0. The Morgan fingerprint density at radius 2 is 1.86 bits per heavy atom. The number of ether oxygens (including phenoxy) is 2. The van der Waals surface area contributed by atoms with Gasteiger partial charge in [-0.25, -0.2) is 9.97 Å². The number of fused-ring (bicyclic) bond motifs is 2. The van der Waals surface area contributed by atoms with Crippen molar-refractivity contribution in [1.82, 2.24) is 9.97 Å². The third-order valence-electron chi connectivity index (χ3n) is 5.61. The second-order valence-corrected chi connectivity index (χ2v) is 7.15. The minimum atomic E-state index is -0.0837. The van der Waals surface area contributed by atoms with E-state index >= 15 is 0 Å². The minimum Gasteiger partial charge on any atom is -0.493 e. The van der Waals surface area contributed by atoms with Crippen LogP contribution in [0.5, 0.6) is 11.5 Å². The Bertz CT molecular complexity index is 976. The lowest BCUT2D eigenvalue weighted by Crippen LogP contribution is -2.36. The number of rotatable bonds is 6. The molecule has 6 heteroatoms. The van der Waals surface area contributed by atoms with E-state index < -0.39 is 0 Å². The molecule has 1 aliphatic carbocycles. The molecule has 0 amide bonds. The Morgan fingerprint density at radius 3 is 2.61 bits per heavy atom. The fraction of sp³-hybridized carbons (Fsp3) is 0.364. The Labute approximate surface area is 164 Å². The highest BCUT2D eigenvalue weighted by molar-refractivity contribution is 5.91. The standard InChI is InChI=1S/C22H25N3O3/c1-27-20-10-17-18(11-21(20)28-2)23-13-24-22(17)25-19(12-26)16-8-7-14-5-3-4-6-15(14)9-16/h3-6,10-11,13,16,19,26H,7-9,12H2,1-2H3,(H,23,24,25). The second kappa shape index (κ2) is 8.02. The molecule has 1 aliphatic rings. The van der Waals surface area contributed by atoms with E-state index in [1.807, 2.05) is 12.1 Å². The summed E-state index contributed by atoms with van der Waals surface area (Å²) in [5.41, 5.74) is 3.55. The molecule has 0 spiro atoms. The Balaban J connectivity index is 1.63. The molecule has 1 heterocycles. The van der Waals surface area contributed by atoms with Crippen molar-refractivity contribution in [3.63, 3.8) is 0 Å². The molecule has 1 aromatic heterocycles. The fourth-order valence-electron chi connectivity index (χ4n) is 4.06. The zero-order valence-corrected chi connectivity index (χ0v) is 16.2. The third kappa shape index (κ3) is 3.47. The summed E-state index contributed by atoms with van der Waals surface area (Å²) in [7, 11) is 3.21. The molecule has 0 radical (unpaired) electrons. The monoisotopic (exact) mass is 379 g/mol. The smallest absolute Gasteiger partial charge is 0.162 e. The molecular formula is C22H25N3O3. The number of aliphatic hydroxyl groups is 1. The summed E-state index contributed by atoms with van der Waals surface area (Å²) in [5.74, 6) is 2.29. The van der Waals surface area contributed by atoms with Crippen LogP contribution in [-0.2, 0) is 12.8 Å². The molecule has 2 unspecified atom stereocenters. The van der Waals surface area contributed by atoms with Crippen molar-refractivity contribution in [3.8, 4) is 11.5 Å². The summed E-state index contributed by atoms with van der Waals surface area (Å²) in [6.45, 7) is 0.0472. The number of nitrogens with zero attached hydrogens (tertiary/aromatic N) is 2. The number of aryl methyl sites for hydroxylation is 1. The molecule has 146 valence electrons. The maximum Gasteiger partial charge on any atom is 0.162 e. The lowest BCUT2D eigenvalue weighted by molar-refractivity contribution is 0.227. The van der Waals surface area contributed by atoms with E-state index in [1.165, 1.54) is 17.5 Å². The average Bonchev–Trinajstić information content (AvgIpc) is 2.76. The lowest BCUT2D eigenvalue weighted by atomic mass is 9.80. The van der Waals surface area contributed by atoms with Crippen LogP contribution >= 0.6 is 0 Å². The lowest BCUT2D eigenvalue weighted by Gasteiger charge is -2.31. The van der Waals surface area contributed by atoms with E-state index in [0.717, 1.165) is 30.2 Å². The number of aliphatic hydroxyl groups excluding tert-OH is 1. The molecule has 6 nitrogen and oxygen atoms in total. The highest BCUT2D eigenvalue weighted by Crippen LogP contribution is 2.35. The largest absolute Gasteiger partial charge is 0.493 e. The summed E-state index contributed by atoms with van der Waals surface area (Å²) in [4.78, 5) is 8.79. The van der Waals surface area contributed by atoms with Crippen molar-refractivity contribution in [2.75, 3.05) is 26.1 Å². The van der Waals surface area contributed by atoms with Gasteiger partial charge < -0.3 is 19.9 Å². The predicted molar refractivity (Wildman–Crippen MR) is 109 cm³/mol. The minimum absolute atomic E-state index is 0.0472. The van der Waals surface area contributed by atoms with Crippen molar-refractivity contribution in [2.45, 2.75) is 25.3 Å². The van der Waals surface area contributed by atoms with Crippen LogP contribution in [0.1, 0.15) is 17.5 Å². The first-order valence-corrected chi connectivity index (χ1v) is 9.54. The first kappa shape index (κ1) is 18.5. The fourth-order valence-corrected chi connectivity index (χ4v) is 4.06. The Kier molecular flexibility index (Phi) is 5.30. The second-order valence-electron chi connectivity index (χ2n) is 7.15. The number of aromatic nitrogens is 2. The van der Waals surface area contributed by atoms with E-state index in [1.54, 1.807) is 14.2 Å². The van der Waals surface area contributed by atoms with E-state index in [2.05, 4.69) is 39.6 Å². The van der Waals surface area contributed by atoms with Crippen LogP contribution in [0, 0.1) is 5.92 Å². The summed E-state index contributed by atoms with van der Waals surface area (Å²) < 4.78 is 10.8. The number of nitrogens with one attached hydrogen (secondary N) is 1. The number of methoxy groups -OCH3 is 2. The first-order chi connectivity index (χ1) is 13.7. The van der Waals surface area contributed by atoms with Gasteiger partial charge in [0, 0.05) is 11.5 Å². The Hall–Kier alpha value is -2.86.